The lowest BCUT2D eigenvalue weighted by Gasteiger charge is -2.35. The summed E-state index contributed by atoms with van der Waals surface area (Å²) in [6.07, 6.45) is 5.58. The van der Waals surface area contributed by atoms with Crippen LogP contribution in [-0.4, -0.2) is 74.1 Å². The van der Waals surface area contributed by atoms with Gasteiger partial charge in [-0.1, -0.05) is 13.3 Å². The van der Waals surface area contributed by atoms with Crippen molar-refractivity contribution in [2.75, 3.05) is 46.4 Å². The van der Waals surface area contributed by atoms with Gasteiger partial charge in [-0.05, 0) is 45.7 Å². The number of rotatable bonds is 5. The molecule has 1 unspecified atom stereocenters. The molecule has 0 aromatic carbocycles. The second kappa shape index (κ2) is 9.87. The standard InChI is InChI=1S/C18H34N4O2/c1-4-19-18(20-14-16-8-6-7-11-21(16)5-2)22-12-9-15(10-13-22)17(23)24-3/h15-16H,4-14H2,1-3H3,(H,19,20). The predicted octanol–water partition coefficient (Wildman–Crippen LogP) is 1.71. The third-order valence-electron chi connectivity index (χ3n) is 5.27. The van der Waals surface area contributed by atoms with Crippen LogP contribution in [0.5, 0.6) is 0 Å². The van der Waals surface area contributed by atoms with E-state index in [0.29, 0.717) is 6.04 Å². The Bertz CT molecular complexity index is 419. The van der Waals surface area contributed by atoms with Crippen LogP contribution in [0.3, 0.4) is 0 Å². The molecule has 0 aromatic rings. The molecule has 2 saturated heterocycles. The highest BCUT2D eigenvalue weighted by Crippen LogP contribution is 2.19. The molecule has 6 nitrogen and oxygen atoms in total. The molecule has 0 spiro atoms. The van der Waals surface area contributed by atoms with E-state index in [-0.39, 0.29) is 11.9 Å². The van der Waals surface area contributed by atoms with Crippen LogP contribution < -0.4 is 5.32 Å². The first-order chi connectivity index (χ1) is 11.7. The normalized spacial score (nSPS) is 24.0. The van der Waals surface area contributed by atoms with Gasteiger partial charge in [-0.3, -0.25) is 14.7 Å². The summed E-state index contributed by atoms with van der Waals surface area (Å²) in [6.45, 7) is 10.1. The van der Waals surface area contributed by atoms with Crippen LogP contribution in [0.2, 0.25) is 0 Å². The van der Waals surface area contributed by atoms with Gasteiger partial charge < -0.3 is 15.0 Å². The molecule has 0 saturated carbocycles. The Morgan fingerprint density at radius 1 is 1.17 bits per heavy atom. The number of nitrogens with zero attached hydrogens (tertiary/aromatic N) is 3. The Kier molecular flexibility index (Phi) is 7.82. The monoisotopic (exact) mass is 338 g/mol. The van der Waals surface area contributed by atoms with E-state index in [0.717, 1.165) is 51.5 Å². The molecule has 2 rings (SSSR count). The Hall–Kier alpha value is -1.30. The number of likely N-dealkylation sites (N-methyl/N-ethyl adjacent to an activating group) is 1. The van der Waals surface area contributed by atoms with Crippen LogP contribution in [0, 0.1) is 5.92 Å². The number of carbonyl (C=O) groups is 1. The topological polar surface area (TPSA) is 57.2 Å². The van der Waals surface area contributed by atoms with Crippen molar-refractivity contribution in [3.8, 4) is 0 Å². The molecule has 0 amide bonds. The minimum Gasteiger partial charge on any atom is -0.469 e. The number of piperidine rings is 2. The van der Waals surface area contributed by atoms with Crippen LogP contribution in [0.1, 0.15) is 46.0 Å². The van der Waals surface area contributed by atoms with Crippen molar-refractivity contribution in [2.45, 2.75) is 52.0 Å². The van der Waals surface area contributed by atoms with Gasteiger partial charge in [0.1, 0.15) is 0 Å². The third kappa shape index (κ3) is 5.10. The number of nitrogens with one attached hydrogen (secondary N) is 1. The highest BCUT2D eigenvalue weighted by atomic mass is 16.5. The minimum atomic E-state index is -0.0719. The first kappa shape index (κ1) is 19.0. The Labute approximate surface area is 146 Å². The second-order valence-electron chi connectivity index (χ2n) is 6.76. The second-order valence-corrected chi connectivity index (χ2v) is 6.76. The third-order valence-corrected chi connectivity index (χ3v) is 5.27. The summed E-state index contributed by atoms with van der Waals surface area (Å²) in [5.41, 5.74) is 0. The van der Waals surface area contributed by atoms with Crippen molar-refractivity contribution in [2.24, 2.45) is 10.9 Å². The summed E-state index contributed by atoms with van der Waals surface area (Å²) in [4.78, 5) is 21.5. The Morgan fingerprint density at radius 2 is 1.92 bits per heavy atom. The van der Waals surface area contributed by atoms with Crippen molar-refractivity contribution in [3.63, 3.8) is 0 Å². The van der Waals surface area contributed by atoms with Gasteiger partial charge in [-0.25, -0.2) is 0 Å². The largest absolute Gasteiger partial charge is 0.469 e. The zero-order valence-electron chi connectivity index (χ0n) is 15.6. The zero-order valence-corrected chi connectivity index (χ0v) is 15.6. The van der Waals surface area contributed by atoms with E-state index in [1.807, 2.05) is 0 Å². The number of aliphatic imine (C=N–C) groups is 1. The van der Waals surface area contributed by atoms with Gasteiger partial charge in [-0.15, -0.1) is 0 Å². The highest BCUT2D eigenvalue weighted by Gasteiger charge is 2.27. The quantitative estimate of drug-likeness (QED) is 0.470. The molecule has 0 radical (unpaired) electrons. The molecule has 1 atom stereocenters. The van der Waals surface area contributed by atoms with Gasteiger partial charge >= 0.3 is 5.97 Å². The van der Waals surface area contributed by atoms with Gasteiger partial charge in [0.05, 0.1) is 19.6 Å². The molecule has 0 bridgehead atoms. The summed E-state index contributed by atoms with van der Waals surface area (Å²) in [7, 11) is 1.48. The maximum atomic E-state index is 11.7. The fourth-order valence-electron chi connectivity index (χ4n) is 3.79. The van der Waals surface area contributed by atoms with Crippen molar-refractivity contribution in [3.05, 3.63) is 0 Å². The predicted molar refractivity (Wildman–Crippen MR) is 97.2 cm³/mol. The molecule has 2 fully saturated rings. The highest BCUT2D eigenvalue weighted by molar-refractivity contribution is 5.80. The van der Waals surface area contributed by atoms with Crippen LogP contribution in [-0.2, 0) is 9.53 Å². The summed E-state index contributed by atoms with van der Waals surface area (Å²) in [6, 6.07) is 0.574. The van der Waals surface area contributed by atoms with Crippen molar-refractivity contribution >= 4 is 11.9 Å². The van der Waals surface area contributed by atoms with Gasteiger partial charge in [0.25, 0.3) is 0 Å². The molecule has 0 aromatic heterocycles. The van der Waals surface area contributed by atoms with Crippen molar-refractivity contribution < 1.29 is 9.53 Å². The number of hydrogen-bond acceptors (Lipinski definition) is 4. The fraction of sp³-hybridized carbons (Fsp3) is 0.889. The SMILES string of the molecule is CCNC(=NCC1CCCCN1CC)N1CCC(C(=O)OC)CC1. The average molecular weight is 338 g/mol. The molecule has 1 N–H and O–H groups in total. The number of likely N-dealkylation sites (tertiary alicyclic amines) is 2. The van der Waals surface area contributed by atoms with E-state index >= 15 is 0 Å². The Balaban J connectivity index is 1.92. The number of ether oxygens (including phenoxy) is 1. The first-order valence-corrected chi connectivity index (χ1v) is 9.54. The molecule has 2 aliphatic heterocycles. The molecular formula is C18H34N4O2. The van der Waals surface area contributed by atoms with Gasteiger partial charge in [-0.2, -0.15) is 0 Å². The van der Waals surface area contributed by atoms with E-state index in [2.05, 4.69) is 29.0 Å². The minimum absolute atomic E-state index is 0.0445. The summed E-state index contributed by atoms with van der Waals surface area (Å²) < 4.78 is 4.88. The number of esters is 1. The van der Waals surface area contributed by atoms with Gasteiger partial charge in [0, 0.05) is 25.7 Å². The lowest BCUT2D eigenvalue weighted by atomic mass is 9.97. The van der Waals surface area contributed by atoms with E-state index in [9.17, 15) is 4.79 Å². The maximum Gasteiger partial charge on any atom is 0.308 e. The molecule has 6 heteroatoms. The lowest BCUT2D eigenvalue weighted by Crippen LogP contribution is -2.48. The molecule has 0 aliphatic carbocycles. The lowest BCUT2D eigenvalue weighted by molar-refractivity contribution is -0.146. The van der Waals surface area contributed by atoms with Gasteiger partial charge in [0.2, 0.25) is 0 Å². The molecule has 138 valence electrons. The molecule has 2 aliphatic rings. The average Bonchev–Trinajstić information content (AvgIpc) is 2.64. The number of guanidine groups is 1. The number of hydrogen-bond donors (Lipinski definition) is 1. The number of methoxy groups -OCH3 is 1. The van der Waals surface area contributed by atoms with Crippen LogP contribution in [0.15, 0.2) is 4.99 Å². The van der Waals surface area contributed by atoms with Crippen molar-refractivity contribution in [1.82, 2.24) is 15.1 Å². The van der Waals surface area contributed by atoms with E-state index in [1.54, 1.807) is 0 Å². The molecule has 24 heavy (non-hydrogen) atoms. The van der Waals surface area contributed by atoms with E-state index < -0.39 is 0 Å². The molecular weight excluding hydrogens is 304 g/mol. The summed E-state index contributed by atoms with van der Waals surface area (Å²) >= 11 is 0. The van der Waals surface area contributed by atoms with E-state index in [4.69, 9.17) is 9.73 Å². The smallest absolute Gasteiger partial charge is 0.308 e. The molecule has 2 heterocycles. The summed E-state index contributed by atoms with van der Waals surface area (Å²) in [5.74, 6) is 0.975. The fourth-order valence-corrected chi connectivity index (χ4v) is 3.79. The van der Waals surface area contributed by atoms with Crippen LogP contribution in [0.25, 0.3) is 0 Å². The Morgan fingerprint density at radius 3 is 2.54 bits per heavy atom. The maximum absolute atomic E-state index is 11.7. The van der Waals surface area contributed by atoms with E-state index in [1.165, 1.54) is 32.9 Å². The van der Waals surface area contributed by atoms with Gasteiger partial charge in [0.15, 0.2) is 5.96 Å². The summed E-state index contributed by atoms with van der Waals surface area (Å²) in [5, 5.41) is 3.42. The van der Waals surface area contributed by atoms with Crippen LogP contribution in [0.4, 0.5) is 0 Å². The van der Waals surface area contributed by atoms with Crippen LogP contribution >= 0.6 is 0 Å². The zero-order chi connectivity index (χ0) is 17.4. The van der Waals surface area contributed by atoms with Crippen molar-refractivity contribution in [1.29, 1.82) is 0 Å². The number of carbonyl (C=O) groups excluding carboxylic acids is 1. The first-order valence-electron chi connectivity index (χ1n) is 9.54.